The number of hydrogen-bond acceptors (Lipinski definition) is 6. The Morgan fingerprint density at radius 1 is 1.00 bits per heavy atom. The fraction of sp³-hybridized carbons (Fsp3) is 0.214. The molecule has 2 aromatic rings. The Morgan fingerprint density at radius 2 is 1.67 bits per heavy atom. The standard InChI is InChI=1S/C14H15NO6/c16-12-6-7-13(17)15(12)21-14(18)20-9-8-19-10-11-4-2-1-3-5-11/h1-7,16-17H,8-10H2. The van der Waals surface area contributed by atoms with E-state index in [9.17, 15) is 15.0 Å². The third kappa shape index (κ3) is 4.43. The second-order valence-electron chi connectivity index (χ2n) is 4.07. The van der Waals surface area contributed by atoms with Crippen LogP contribution in [-0.4, -0.2) is 34.3 Å². The molecule has 0 amide bonds. The van der Waals surface area contributed by atoms with Crippen LogP contribution in [0.15, 0.2) is 42.5 Å². The maximum atomic E-state index is 11.3. The molecule has 0 unspecified atom stereocenters. The van der Waals surface area contributed by atoms with Gasteiger partial charge in [0, 0.05) is 12.1 Å². The lowest BCUT2D eigenvalue weighted by atomic mass is 10.2. The van der Waals surface area contributed by atoms with Crippen molar-refractivity contribution in [3.63, 3.8) is 0 Å². The number of aromatic hydroxyl groups is 2. The minimum absolute atomic E-state index is 0.00550. The van der Waals surface area contributed by atoms with E-state index < -0.39 is 17.9 Å². The molecule has 0 aliphatic carbocycles. The lowest BCUT2D eigenvalue weighted by Gasteiger charge is -2.08. The smallest absolute Gasteiger partial charge is 0.492 e. The molecule has 0 atom stereocenters. The number of ether oxygens (including phenoxy) is 2. The van der Waals surface area contributed by atoms with E-state index in [0.29, 0.717) is 11.3 Å². The summed E-state index contributed by atoms with van der Waals surface area (Å²) in [7, 11) is 0. The van der Waals surface area contributed by atoms with Gasteiger partial charge >= 0.3 is 6.16 Å². The lowest BCUT2D eigenvalue weighted by Crippen LogP contribution is -2.21. The Morgan fingerprint density at radius 3 is 2.33 bits per heavy atom. The molecule has 0 aliphatic heterocycles. The van der Waals surface area contributed by atoms with Gasteiger partial charge in [-0.05, 0) is 5.56 Å². The quantitative estimate of drug-likeness (QED) is 0.622. The second kappa shape index (κ2) is 7.20. The number of rotatable bonds is 6. The van der Waals surface area contributed by atoms with Crippen molar-refractivity contribution in [2.75, 3.05) is 13.2 Å². The Bertz CT molecular complexity index is 561. The maximum absolute atomic E-state index is 11.3. The zero-order chi connectivity index (χ0) is 15.1. The van der Waals surface area contributed by atoms with Crippen LogP contribution in [-0.2, 0) is 16.1 Å². The zero-order valence-electron chi connectivity index (χ0n) is 11.1. The Labute approximate surface area is 120 Å². The third-order valence-electron chi connectivity index (χ3n) is 2.52. The van der Waals surface area contributed by atoms with Crippen molar-refractivity contribution in [1.82, 2.24) is 4.73 Å². The van der Waals surface area contributed by atoms with E-state index in [1.54, 1.807) is 0 Å². The van der Waals surface area contributed by atoms with Crippen molar-refractivity contribution >= 4 is 6.16 Å². The van der Waals surface area contributed by atoms with Crippen LogP contribution in [0.1, 0.15) is 5.56 Å². The fourth-order valence-corrected chi connectivity index (χ4v) is 1.54. The van der Waals surface area contributed by atoms with Gasteiger partial charge < -0.3 is 19.7 Å². The van der Waals surface area contributed by atoms with Gasteiger partial charge in [-0.15, -0.1) is 4.73 Å². The van der Waals surface area contributed by atoms with Crippen LogP contribution < -0.4 is 4.84 Å². The number of benzene rings is 1. The lowest BCUT2D eigenvalue weighted by molar-refractivity contribution is 0.0123. The predicted molar refractivity (Wildman–Crippen MR) is 71.8 cm³/mol. The summed E-state index contributed by atoms with van der Waals surface area (Å²) >= 11 is 0. The van der Waals surface area contributed by atoms with Crippen LogP contribution in [0.5, 0.6) is 11.8 Å². The summed E-state index contributed by atoms with van der Waals surface area (Å²) in [5, 5.41) is 18.5. The molecule has 0 saturated carbocycles. The van der Waals surface area contributed by atoms with Crippen molar-refractivity contribution < 1.29 is 29.3 Å². The molecule has 0 aliphatic rings. The molecule has 1 aromatic carbocycles. The van der Waals surface area contributed by atoms with Crippen LogP contribution in [0.2, 0.25) is 0 Å². The number of carbonyl (C=O) groups is 1. The van der Waals surface area contributed by atoms with E-state index in [-0.39, 0.29) is 13.2 Å². The summed E-state index contributed by atoms with van der Waals surface area (Å²) in [5.74, 6) is -0.824. The van der Waals surface area contributed by atoms with Crippen LogP contribution in [0.3, 0.4) is 0 Å². The third-order valence-corrected chi connectivity index (χ3v) is 2.52. The van der Waals surface area contributed by atoms with Crippen molar-refractivity contribution in [2.45, 2.75) is 6.61 Å². The first-order chi connectivity index (χ1) is 10.2. The summed E-state index contributed by atoms with van der Waals surface area (Å²) in [6.07, 6.45) is -1.06. The first kappa shape index (κ1) is 14.7. The molecule has 7 nitrogen and oxygen atoms in total. The molecule has 0 spiro atoms. The molecule has 0 fully saturated rings. The molecule has 7 heteroatoms. The van der Waals surface area contributed by atoms with E-state index in [0.717, 1.165) is 5.56 Å². The number of aromatic nitrogens is 1. The molecular weight excluding hydrogens is 278 g/mol. The highest BCUT2D eigenvalue weighted by Crippen LogP contribution is 2.18. The van der Waals surface area contributed by atoms with E-state index in [1.165, 1.54) is 12.1 Å². The van der Waals surface area contributed by atoms with Crippen LogP contribution in [0.25, 0.3) is 0 Å². The first-order valence-corrected chi connectivity index (χ1v) is 6.23. The summed E-state index contributed by atoms with van der Waals surface area (Å²) in [6, 6.07) is 11.9. The minimum Gasteiger partial charge on any atom is -0.492 e. The number of hydrogen-bond donors (Lipinski definition) is 2. The van der Waals surface area contributed by atoms with Crippen molar-refractivity contribution in [3.05, 3.63) is 48.0 Å². The molecule has 2 N–H and O–H groups in total. The monoisotopic (exact) mass is 293 g/mol. The summed E-state index contributed by atoms with van der Waals surface area (Å²) in [5.41, 5.74) is 1.02. The van der Waals surface area contributed by atoms with Crippen LogP contribution in [0.4, 0.5) is 4.79 Å². The summed E-state index contributed by atoms with van der Waals surface area (Å²) in [4.78, 5) is 15.9. The van der Waals surface area contributed by atoms with Gasteiger partial charge in [-0.3, -0.25) is 4.84 Å². The highest BCUT2D eigenvalue weighted by Gasteiger charge is 2.12. The summed E-state index contributed by atoms with van der Waals surface area (Å²) in [6.45, 7) is 0.612. The van der Waals surface area contributed by atoms with Gasteiger partial charge in [0.15, 0.2) is 0 Å². The Balaban J connectivity index is 1.64. The maximum Gasteiger partial charge on any atom is 0.534 e. The zero-order valence-corrected chi connectivity index (χ0v) is 11.1. The predicted octanol–water partition coefficient (Wildman–Crippen LogP) is 1.68. The largest absolute Gasteiger partial charge is 0.534 e. The van der Waals surface area contributed by atoms with Gasteiger partial charge in [0.2, 0.25) is 11.8 Å². The van der Waals surface area contributed by atoms with Gasteiger partial charge in [0.05, 0.1) is 13.2 Å². The minimum atomic E-state index is -1.06. The number of carbonyl (C=O) groups excluding carboxylic acids is 1. The topological polar surface area (TPSA) is 90.2 Å². The average molecular weight is 293 g/mol. The normalized spacial score (nSPS) is 10.3. The van der Waals surface area contributed by atoms with Gasteiger partial charge in [0.25, 0.3) is 0 Å². The Kier molecular flexibility index (Phi) is 5.05. The molecule has 0 radical (unpaired) electrons. The molecule has 2 rings (SSSR count). The first-order valence-electron chi connectivity index (χ1n) is 6.23. The molecule has 21 heavy (non-hydrogen) atoms. The molecular formula is C14H15NO6. The Hall–Kier alpha value is -2.67. The highest BCUT2D eigenvalue weighted by atomic mass is 16.8. The molecule has 1 heterocycles. The summed E-state index contributed by atoms with van der Waals surface area (Å²) < 4.78 is 10.6. The van der Waals surface area contributed by atoms with Gasteiger partial charge in [-0.25, -0.2) is 4.79 Å². The molecule has 1 aromatic heterocycles. The SMILES string of the molecule is O=C(OCCOCc1ccccc1)On1c(O)ccc1O. The van der Waals surface area contributed by atoms with Crippen LogP contribution in [0, 0.1) is 0 Å². The van der Waals surface area contributed by atoms with Crippen LogP contribution >= 0.6 is 0 Å². The highest BCUT2D eigenvalue weighted by molar-refractivity contribution is 5.60. The van der Waals surface area contributed by atoms with Gasteiger partial charge in [0.1, 0.15) is 6.61 Å². The van der Waals surface area contributed by atoms with E-state index in [1.807, 2.05) is 30.3 Å². The van der Waals surface area contributed by atoms with E-state index in [4.69, 9.17) is 9.47 Å². The van der Waals surface area contributed by atoms with Gasteiger partial charge in [-0.1, -0.05) is 30.3 Å². The van der Waals surface area contributed by atoms with E-state index >= 15 is 0 Å². The van der Waals surface area contributed by atoms with Crippen molar-refractivity contribution in [2.24, 2.45) is 0 Å². The average Bonchev–Trinajstić information content (AvgIpc) is 2.80. The second-order valence-corrected chi connectivity index (χ2v) is 4.07. The van der Waals surface area contributed by atoms with Crippen molar-refractivity contribution in [1.29, 1.82) is 0 Å². The molecule has 112 valence electrons. The van der Waals surface area contributed by atoms with E-state index in [2.05, 4.69) is 4.84 Å². The number of nitrogens with zero attached hydrogens (tertiary/aromatic N) is 1. The van der Waals surface area contributed by atoms with Gasteiger partial charge in [-0.2, -0.15) is 0 Å². The van der Waals surface area contributed by atoms with Crippen molar-refractivity contribution in [3.8, 4) is 11.8 Å². The fourth-order valence-electron chi connectivity index (χ4n) is 1.54. The molecule has 0 bridgehead atoms. The molecule has 0 saturated heterocycles.